The van der Waals surface area contributed by atoms with Crippen LogP contribution in [0.1, 0.15) is 271 Å². The predicted octanol–water partition coefficient (Wildman–Crippen LogP) is 15.7. The molecule has 0 aliphatic heterocycles. The van der Waals surface area contributed by atoms with Crippen LogP contribution in [-0.4, -0.2) is 47.4 Å². The maximum Gasteiger partial charge on any atom is 0.305 e. The standard InChI is InChI=1S/C54H101NO5/c1-3-5-7-9-11-13-15-17-19-20-21-22-23-24-26-30-34-38-42-46-52(57)51(50-56)55-53(58)47-43-39-35-31-28-29-33-37-41-45-49-60-54(59)48-44-40-36-32-27-25-18-16-14-12-10-8-6-4-2/h16,18,29,33,42,46,51-52,56-57H,3-15,17,19-28,30-32,34-41,43-45,47-50H2,1-2H3,(H,55,58)/b18-16-,33-29-,46-42+. The van der Waals surface area contributed by atoms with Gasteiger partial charge in [-0.25, -0.2) is 0 Å². The molecule has 0 aliphatic carbocycles. The van der Waals surface area contributed by atoms with Crippen LogP contribution in [0.3, 0.4) is 0 Å². The Morgan fingerprint density at radius 2 is 0.783 bits per heavy atom. The second-order valence-electron chi connectivity index (χ2n) is 17.8. The number of carbonyl (C=O) groups is 2. The van der Waals surface area contributed by atoms with Gasteiger partial charge in [0.1, 0.15) is 0 Å². The summed E-state index contributed by atoms with van der Waals surface area (Å²) in [6.07, 6.45) is 60.1. The smallest absolute Gasteiger partial charge is 0.305 e. The summed E-state index contributed by atoms with van der Waals surface area (Å²) in [4.78, 5) is 24.4. The normalized spacial score (nSPS) is 12.9. The van der Waals surface area contributed by atoms with Crippen LogP contribution in [0.2, 0.25) is 0 Å². The summed E-state index contributed by atoms with van der Waals surface area (Å²) in [5, 5.41) is 23.1. The molecule has 0 rings (SSSR count). The summed E-state index contributed by atoms with van der Waals surface area (Å²) in [6, 6.07) is -0.654. The van der Waals surface area contributed by atoms with E-state index >= 15 is 0 Å². The van der Waals surface area contributed by atoms with Gasteiger partial charge in [-0.15, -0.1) is 0 Å². The van der Waals surface area contributed by atoms with Crippen molar-refractivity contribution in [1.29, 1.82) is 0 Å². The van der Waals surface area contributed by atoms with Crippen molar-refractivity contribution in [2.24, 2.45) is 0 Å². The lowest BCUT2D eigenvalue weighted by Gasteiger charge is -2.20. The SMILES string of the molecule is CCCCCCC/C=C\CCCCCCCC(=O)OCCCC/C=C\CCCCCCC(=O)NC(CO)C(O)/C=C/CCCCCCCCCCCCCCCCCCC. The van der Waals surface area contributed by atoms with Crippen LogP contribution in [0.5, 0.6) is 0 Å². The maximum absolute atomic E-state index is 12.4. The van der Waals surface area contributed by atoms with Crippen LogP contribution in [0.15, 0.2) is 36.5 Å². The van der Waals surface area contributed by atoms with Crippen LogP contribution in [0.25, 0.3) is 0 Å². The Balaban J connectivity index is 3.58. The summed E-state index contributed by atoms with van der Waals surface area (Å²) in [5.41, 5.74) is 0. The van der Waals surface area contributed by atoms with Gasteiger partial charge in [-0.3, -0.25) is 9.59 Å². The number of nitrogens with one attached hydrogen (secondary N) is 1. The zero-order chi connectivity index (χ0) is 43.7. The minimum atomic E-state index is -0.867. The number of hydrogen-bond donors (Lipinski definition) is 3. The van der Waals surface area contributed by atoms with E-state index in [1.54, 1.807) is 6.08 Å². The molecule has 352 valence electrons. The molecule has 2 atom stereocenters. The monoisotopic (exact) mass is 844 g/mol. The van der Waals surface area contributed by atoms with Crippen molar-refractivity contribution in [2.75, 3.05) is 13.2 Å². The van der Waals surface area contributed by atoms with Crippen molar-refractivity contribution in [2.45, 2.75) is 283 Å². The lowest BCUT2D eigenvalue weighted by atomic mass is 10.0. The zero-order valence-corrected chi connectivity index (χ0v) is 39.9. The van der Waals surface area contributed by atoms with Gasteiger partial charge in [0.15, 0.2) is 0 Å². The molecule has 1 amide bonds. The van der Waals surface area contributed by atoms with E-state index in [0.717, 1.165) is 77.0 Å². The quantitative estimate of drug-likeness (QED) is 0.0322. The van der Waals surface area contributed by atoms with Gasteiger partial charge >= 0.3 is 5.97 Å². The average molecular weight is 844 g/mol. The van der Waals surface area contributed by atoms with Gasteiger partial charge in [0.05, 0.1) is 25.4 Å². The summed E-state index contributed by atoms with van der Waals surface area (Å²) in [5.74, 6) is -0.151. The Morgan fingerprint density at radius 3 is 1.18 bits per heavy atom. The topological polar surface area (TPSA) is 95.9 Å². The molecule has 3 N–H and O–H groups in total. The van der Waals surface area contributed by atoms with E-state index in [4.69, 9.17) is 4.74 Å². The molecule has 0 bridgehead atoms. The fraction of sp³-hybridized carbons (Fsp3) is 0.852. The van der Waals surface area contributed by atoms with Crippen molar-refractivity contribution >= 4 is 11.9 Å². The van der Waals surface area contributed by atoms with Gasteiger partial charge in [0.2, 0.25) is 5.91 Å². The Morgan fingerprint density at radius 1 is 0.450 bits per heavy atom. The summed E-state index contributed by atoms with van der Waals surface area (Å²) >= 11 is 0. The second kappa shape index (κ2) is 49.7. The van der Waals surface area contributed by atoms with Crippen molar-refractivity contribution in [3.8, 4) is 0 Å². The van der Waals surface area contributed by atoms with E-state index in [-0.39, 0.29) is 18.5 Å². The van der Waals surface area contributed by atoms with Gasteiger partial charge in [-0.1, -0.05) is 211 Å². The highest BCUT2D eigenvalue weighted by Gasteiger charge is 2.18. The number of allylic oxidation sites excluding steroid dienone is 5. The van der Waals surface area contributed by atoms with E-state index in [1.165, 1.54) is 167 Å². The molecular weight excluding hydrogens is 743 g/mol. The van der Waals surface area contributed by atoms with E-state index in [9.17, 15) is 19.8 Å². The number of aliphatic hydroxyl groups is 2. The molecule has 0 aromatic rings. The number of unbranched alkanes of at least 4 members (excludes halogenated alkanes) is 33. The van der Waals surface area contributed by atoms with E-state index in [1.807, 2.05) is 6.08 Å². The van der Waals surface area contributed by atoms with Crippen LogP contribution in [-0.2, 0) is 14.3 Å². The molecule has 0 aliphatic rings. The molecule has 0 fully saturated rings. The minimum Gasteiger partial charge on any atom is -0.466 e. The Kier molecular flexibility index (Phi) is 48.1. The summed E-state index contributed by atoms with van der Waals surface area (Å²) < 4.78 is 5.42. The van der Waals surface area contributed by atoms with E-state index in [2.05, 4.69) is 43.5 Å². The largest absolute Gasteiger partial charge is 0.466 e. The number of rotatable bonds is 48. The van der Waals surface area contributed by atoms with Crippen LogP contribution in [0.4, 0.5) is 0 Å². The van der Waals surface area contributed by atoms with Crippen LogP contribution >= 0.6 is 0 Å². The number of ether oxygens (including phenoxy) is 1. The van der Waals surface area contributed by atoms with Gasteiger partial charge in [0.25, 0.3) is 0 Å². The molecule has 0 aromatic carbocycles. The van der Waals surface area contributed by atoms with Crippen LogP contribution < -0.4 is 5.32 Å². The summed E-state index contributed by atoms with van der Waals surface area (Å²) in [7, 11) is 0. The average Bonchev–Trinajstić information content (AvgIpc) is 3.25. The number of amides is 1. The molecule has 6 heteroatoms. The van der Waals surface area contributed by atoms with Crippen molar-refractivity contribution in [1.82, 2.24) is 5.32 Å². The molecule has 0 spiro atoms. The van der Waals surface area contributed by atoms with Crippen molar-refractivity contribution < 1.29 is 24.5 Å². The lowest BCUT2D eigenvalue weighted by Crippen LogP contribution is -2.45. The van der Waals surface area contributed by atoms with E-state index < -0.39 is 12.1 Å². The predicted molar refractivity (Wildman–Crippen MR) is 259 cm³/mol. The Hall–Kier alpha value is -1.92. The molecule has 0 aromatic heterocycles. The van der Waals surface area contributed by atoms with Gasteiger partial charge in [-0.05, 0) is 83.5 Å². The molecule has 0 saturated carbocycles. The maximum atomic E-state index is 12.4. The minimum absolute atomic E-state index is 0.0472. The van der Waals surface area contributed by atoms with Crippen molar-refractivity contribution in [3.63, 3.8) is 0 Å². The van der Waals surface area contributed by atoms with Gasteiger partial charge in [0, 0.05) is 12.8 Å². The third-order valence-electron chi connectivity index (χ3n) is 11.9. The highest BCUT2D eigenvalue weighted by molar-refractivity contribution is 5.76. The first-order valence-electron chi connectivity index (χ1n) is 26.3. The highest BCUT2D eigenvalue weighted by atomic mass is 16.5. The number of esters is 1. The third kappa shape index (κ3) is 45.6. The third-order valence-corrected chi connectivity index (χ3v) is 11.9. The fourth-order valence-electron chi connectivity index (χ4n) is 7.80. The molecule has 0 heterocycles. The van der Waals surface area contributed by atoms with Crippen LogP contribution in [0, 0.1) is 0 Å². The van der Waals surface area contributed by atoms with E-state index in [0.29, 0.717) is 19.4 Å². The van der Waals surface area contributed by atoms with Gasteiger partial charge < -0.3 is 20.3 Å². The molecule has 0 saturated heterocycles. The molecule has 2 unspecified atom stereocenters. The van der Waals surface area contributed by atoms with Gasteiger partial charge in [-0.2, -0.15) is 0 Å². The van der Waals surface area contributed by atoms with Crippen molar-refractivity contribution in [3.05, 3.63) is 36.5 Å². The molecular formula is C54H101NO5. The lowest BCUT2D eigenvalue weighted by molar-refractivity contribution is -0.143. The first-order valence-corrected chi connectivity index (χ1v) is 26.3. The first-order chi connectivity index (χ1) is 29.5. The molecule has 0 radical (unpaired) electrons. The number of aliphatic hydroxyl groups excluding tert-OH is 2. The zero-order valence-electron chi connectivity index (χ0n) is 39.9. The Labute approximate surface area is 373 Å². The molecule has 6 nitrogen and oxygen atoms in total. The second-order valence-corrected chi connectivity index (χ2v) is 17.8. The highest BCUT2D eigenvalue weighted by Crippen LogP contribution is 2.15. The summed E-state index contributed by atoms with van der Waals surface area (Å²) in [6.45, 7) is 4.80. The Bertz CT molecular complexity index is 977. The first kappa shape index (κ1) is 58.1. The molecule has 60 heavy (non-hydrogen) atoms. The number of hydrogen-bond acceptors (Lipinski definition) is 5. The fourth-order valence-corrected chi connectivity index (χ4v) is 7.80. The number of carbonyl (C=O) groups excluding carboxylic acids is 2.